The van der Waals surface area contributed by atoms with Crippen molar-refractivity contribution in [2.24, 2.45) is 11.7 Å². The summed E-state index contributed by atoms with van der Waals surface area (Å²) in [5.41, 5.74) is 5.37. The second kappa shape index (κ2) is 8.16. The molecule has 0 aromatic carbocycles. The summed E-state index contributed by atoms with van der Waals surface area (Å²) in [5.74, 6) is -1.00. The molecule has 3 N–H and O–H groups in total. The van der Waals surface area contributed by atoms with Crippen LogP contribution in [0.2, 0.25) is 19.6 Å². The average molecular weight is 331 g/mol. The van der Waals surface area contributed by atoms with Crippen LogP contribution in [0.4, 0.5) is 4.79 Å². The van der Waals surface area contributed by atoms with Gasteiger partial charge in [0.1, 0.15) is 6.04 Å². The Morgan fingerprint density at radius 3 is 2.00 bits per heavy atom. The molecule has 0 radical (unpaired) electrons. The third-order valence-corrected chi connectivity index (χ3v) is 5.29. The Kier molecular flexibility index (Phi) is 7.58. The number of carbonyl (C=O) groups is 3. The highest BCUT2D eigenvalue weighted by Crippen LogP contribution is 2.18. The number of carbonyl (C=O) groups excluding carboxylic acids is 3. The lowest BCUT2D eigenvalue weighted by Gasteiger charge is -2.40. The standard InChI is InChI=1S/C14H29N3O4Si/c1-8-21-14(20)16-11(9(2)3)13(19)17(22(5,6)7)10(4)12(15)18/h9-11H,8H2,1-7H3,(H2,15,18)(H,16,20)/t10-,11-/m0/s1. The first kappa shape index (κ1) is 20.4. The van der Waals surface area contributed by atoms with Gasteiger partial charge >= 0.3 is 6.09 Å². The summed E-state index contributed by atoms with van der Waals surface area (Å²) in [6, 6.07) is -1.48. The Labute approximate surface area is 133 Å². The zero-order valence-electron chi connectivity index (χ0n) is 14.6. The highest BCUT2D eigenvalue weighted by Gasteiger charge is 2.39. The molecule has 0 aromatic rings. The summed E-state index contributed by atoms with van der Waals surface area (Å²) in [7, 11) is -2.16. The van der Waals surface area contributed by atoms with Crippen LogP contribution in [0.25, 0.3) is 0 Å². The maximum atomic E-state index is 12.9. The van der Waals surface area contributed by atoms with Gasteiger partial charge in [-0.3, -0.25) is 9.59 Å². The van der Waals surface area contributed by atoms with Crippen molar-refractivity contribution >= 4 is 26.1 Å². The minimum atomic E-state index is -2.16. The summed E-state index contributed by atoms with van der Waals surface area (Å²) in [5, 5.41) is 2.58. The zero-order valence-corrected chi connectivity index (χ0v) is 15.6. The van der Waals surface area contributed by atoms with Crippen molar-refractivity contribution in [1.29, 1.82) is 0 Å². The molecule has 0 aliphatic heterocycles. The Balaban J connectivity index is 5.46. The van der Waals surface area contributed by atoms with E-state index in [-0.39, 0.29) is 18.4 Å². The van der Waals surface area contributed by atoms with Gasteiger partial charge in [0, 0.05) is 0 Å². The molecule has 0 rings (SSSR count). The first-order valence-corrected chi connectivity index (χ1v) is 10.9. The lowest BCUT2D eigenvalue weighted by Crippen LogP contribution is -2.63. The van der Waals surface area contributed by atoms with E-state index in [2.05, 4.69) is 5.32 Å². The van der Waals surface area contributed by atoms with Crippen LogP contribution in [0.1, 0.15) is 27.7 Å². The highest BCUT2D eigenvalue weighted by molar-refractivity contribution is 6.75. The predicted molar refractivity (Wildman–Crippen MR) is 87.6 cm³/mol. The van der Waals surface area contributed by atoms with E-state index in [4.69, 9.17) is 10.5 Å². The minimum Gasteiger partial charge on any atom is -0.450 e. The highest BCUT2D eigenvalue weighted by atomic mass is 28.3. The van der Waals surface area contributed by atoms with Crippen LogP contribution in [-0.2, 0) is 14.3 Å². The summed E-state index contributed by atoms with van der Waals surface area (Å²) in [4.78, 5) is 36.1. The van der Waals surface area contributed by atoms with Gasteiger partial charge in [-0.25, -0.2) is 4.79 Å². The second-order valence-electron chi connectivity index (χ2n) is 6.54. The van der Waals surface area contributed by atoms with Crippen LogP contribution >= 0.6 is 0 Å². The smallest absolute Gasteiger partial charge is 0.407 e. The molecule has 0 aliphatic carbocycles. The van der Waals surface area contributed by atoms with E-state index in [1.165, 1.54) is 0 Å². The number of amides is 3. The minimum absolute atomic E-state index is 0.143. The van der Waals surface area contributed by atoms with E-state index in [1.807, 2.05) is 33.5 Å². The van der Waals surface area contributed by atoms with E-state index < -0.39 is 32.3 Å². The Morgan fingerprint density at radius 2 is 1.68 bits per heavy atom. The Hall–Kier alpha value is -1.57. The van der Waals surface area contributed by atoms with E-state index in [9.17, 15) is 14.4 Å². The van der Waals surface area contributed by atoms with E-state index in [1.54, 1.807) is 18.4 Å². The second-order valence-corrected chi connectivity index (χ2v) is 11.4. The van der Waals surface area contributed by atoms with Crippen molar-refractivity contribution in [2.45, 2.75) is 59.4 Å². The van der Waals surface area contributed by atoms with Gasteiger partial charge in [0.2, 0.25) is 11.8 Å². The molecular weight excluding hydrogens is 302 g/mol. The van der Waals surface area contributed by atoms with Crippen molar-refractivity contribution in [2.75, 3.05) is 6.61 Å². The first-order valence-electron chi connectivity index (χ1n) is 7.49. The molecule has 0 aromatic heterocycles. The maximum absolute atomic E-state index is 12.9. The van der Waals surface area contributed by atoms with Crippen LogP contribution in [0.15, 0.2) is 0 Å². The number of nitrogens with two attached hydrogens (primary N) is 1. The number of nitrogens with zero attached hydrogens (tertiary/aromatic N) is 1. The molecule has 7 nitrogen and oxygen atoms in total. The molecule has 0 bridgehead atoms. The molecule has 0 saturated carbocycles. The Morgan fingerprint density at radius 1 is 1.18 bits per heavy atom. The average Bonchev–Trinajstić information content (AvgIpc) is 2.33. The molecule has 0 heterocycles. The first-order chi connectivity index (χ1) is 9.93. The predicted octanol–water partition coefficient (Wildman–Crippen LogP) is 1.29. The van der Waals surface area contributed by atoms with Gasteiger partial charge in [-0.05, 0) is 19.8 Å². The van der Waals surface area contributed by atoms with Gasteiger partial charge in [0.25, 0.3) is 0 Å². The molecule has 22 heavy (non-hydrogen) atoms. The summed E-state index contributed by atoms with van der Waals surface area (Å²) in [6.07, 6.45) is -0.642. The van der Waals surface area contributed by atoms with Crippen molar-refractivity contribution in [3.8, 4) is 0 Å². The summed E-state index contributed by atoms with van der Waals surface area (Å²) >= 11 is 0. The fraction of sp³-hybridized carbons (Fsp3) is 0.786. The molecular formula is C14H29N3O4Si. The normalized spacial score (nSPS) is 14.2. The van der Waals surface area contributed by atoms with E-state index >= 15 is 0 Å². The number of hydrogen-bond donors (Lipinski definition) is 2. The van der Waals surface area contributed by atoms with Crippen LogP contribution < -0.4 is 11.1 Å². The SMILES string of the molecule is CCOC(=O)N[C@H](C(=O)N([C@@H](C)C(N)=O)[Si](C)(C)C)C(C)C. The van der Waals surface area contributed by atoms with Gasteiger partial charge in [-0.15, -0.1) is 0 Å². The van der Waals surface area contributed by atoms with Crippen molar-refractivity contribution in [1.82, 2.24) is 9.88 Å². The lowest BCUT2D eigenvalue weighted by atomic mass is 10.0. The molecule has 8 heteroatoms. The third kappa shape index (κ3) is 5.67. The molecule has 3 amide bonds. The molecule has 0 unspecified atom stereocenters. The summed E-state index contributed by atoms with van der Waals surface area (Å²) < 4.78 is 6.39. The van der Waals surface area contributed by atoms with Gasteiger partial charge in [0.05, 0.1) is 12.6 Å². The molecule has 0 fully saturated rings. The van der Waals surface area contributed by atoms with Gasteiger partial charge in [-0.2, -0.15) is 0 Å². The number of hydrogen-bond acceptors (Lipinski definition) is 4. The van der Waals surface area contributed by atoms with Crippen LogP contribution in [0, 0.1) is 5.92 Å². The van der Waals surface area contributed by atoms with Crippen LogP contribution in [-0.4, -0.2) is 49.4 Å². The van der Waals surface area contributed by atoms with E-state index in [0.717, 1.165) is 0 Å². The van der Waals surface area contributed by atoms with Gasteiger partial charge < -0.3 is 20.4 Å². The van der Waals surface area contributed by atoms with E-state index in [0.29, 0.717) is 0 Å². The van der Waals surface area contributed by atoms with Gasteiger partial charge in [-0.1, -0.05) is 33.5 Å². The Bertz CT molecular complexity index is 421. The lowest BCUT2D eigenvalue weighted by molar-refractivity contribution is -0.136. The number of rotatable bonds is 7. The third-order valence-electron chi connectivity index (χ3n) is 3.24. The molecule has 128 valence electrons. The van der Waals surface area contributed by atoms with Crippen molar-refractivity contribution in [3.05, 3.63) is 0 Å². The van der Waals surface area contributed by atoms with Crippen LogP contribution in [0.3, 0.4) is 0 Å². The fourth-order valence-corrected chi connectivity index (χ4v) is 4.28. The molecule has 2 atom stereocenters. The zero-order chi connectivity index (χ0) is 17.7. The quantitative estimate of drug-likeness (QED) is 0.686. The molecule has 0 spiro atoms. The molecule has 0 aliphatic rings. The monoisotopic (exact) mass is 331 g/mol. The fourth-order valence-electron chi connectivity index (χ4n) is 2.19. The number of primary amides is 1. The molecule has 0 saturated heterocycles. The number of alkyl carbamates (subject to hydrolysis) is 1. The topological polar surface area (TPSA) is 102 Å². The van der Waals surface area contributed by atoms with Crippen LogP contribution in [0.5, 0.6) is 0 Å². The number of ether oxygens (including phenoxy) is 1. The van der Waals surface area contributed by atoms with Crippen molar-refractivity contribution < 1.29 is 19.1 Å². The maximum Gasteiger partial charge on any atom is 0.407 e. The largest absolute Gasteiger partial charge is 0.450 e. The van der Waals surface area contributed by atoms with Crippen molar-refractivity contribution in [3.63, 3.8) is 0 Å². The van der Waals surface area contributed by atoms with Gasteiger partial charge in [0.15, 0.2) is 8.24 Å². The number of nitrogens with one attached hydrogen (secondary N) is 1. The summed E-state index contributed by atoms with van der Waals surface area (Å²) in [6.45, 7) is 13.0.